The Kier molecular flexibility index (Phi) is 7.89. The third-order valence-electron chi connectivity index (χ3n) is 5.62. The number of carboxylic acid groups (broad SMARTS) is 1. The van der Waals surface area contributed by atoms with E-state index in [2.05, 4.69) is 10.2 Å². The maximum absolute atomic E-state index is 12.3. The predicted molar refractivity (Wildman–Crippen MR) is 111 cm³/mol. The third-order valence-corrected chi connectivity index (χ3v) is 5.62. The normalized spacial score (nSPS) is 23.3. The standard InChI is InChI=1S/C21H32N4O5/c1-15-20(29-17-6-4-16(5-7-17)14-18(22)19(26)27)30-21(28)25(15)11-3-2-10-24-12-8-23-9-13-24/h4-7,15,18,20,23H,2-3,8-14,22H2,1H3,(H,26,27). The summed E-state index contributed by atoms with van der Waals surface area (Å²) in [5.74, 6) is -0.470. The van der Waals surface area contributed by atoms with Gasteiger partial charge in [0, 0.05) is 32.7 Å². The highest BCUT2D eigenvalue weighted by Crippen LogP contribution is 2.24. The molecule has 3 atom stereocenters. The Bertz CT molecular complexity index is 708. The molecule has 3 rings (SSSR count). The average Bonchev–Trinajstić information content (AvgIpc) is 3.00. The van der Waals surface area contributed by atoms with E-state index >= 15 is 0 Å². The summed E-state index contributed by atoms with van der Waals surface area (Å²) in [4.78, 5) is 27.3. The van der Waals surface area contributed by atoms with Crippen LogP contribution in [-0.2, 0) is 16.0 Å². The van der Waals surface area contributed by atoms with Crippen molar-refractivity contribution in [1.82, 2.24) is 15.1 Å². The average molecular weight is 421 g/mol. The van der Waals surface area contributed by atoms with Gasteiger partial charge >= 0.3 is 12.1 Å². The zero-order chi connectivity index (χ0) is 21.5. The molecular formula is C21H32N4O5. The van der Waals surface area contributed by atoms with Crippen molar-refractivity contribution in [2.24, 2.45) is 5.73 Å². The highest BCUT2D eigenvalue weighted by atomic mass is 16.7. The van der Waals surface area contributed by atoms with Crippen molar-refractivity contribution in [3.8, 4) is 5.75 Å². The summed E-state index contributed by atoms with van der Waals surface area (Å²) in [6.45, 7) is 7.88. The molecule has 2 aliphatic rings. The Labute approximate surface area is 177 Å². The van der Waals surface area contributed by atoms with E-state index in [-0.39, 0.29) is 18.6 Å². The van der Waals surface area contributed by atoms with Gasteiger partial charge in [-0.25, -0.2) is 4.79 Å². The second-order valence-corrected chi connectivity index (χ2v) is 7.90. The topological polar surface area (TPSA) is 117 Å². The van der Waals surface area contributed by atoms with E-state index in [9.17, 15) is 9.59 Å². The van der Waals surface area contributed by atoms with Crippen LogP contribution in [0.3, 0.4) is 0 Å². The first-order valence-corrected chi connectivity index (χ1v) is 10.6. The molecule has 2 heterocycles. The number of unbranched alkanes of at least 4 members (excludes halogenated alkanes) is 1. The molecule has 2 fully saturated rings. The Morgan fingerprint density at radius 2 is 1.93 bits per heavy atom. The number of amides is 1. The summed E-state index contributed by atoms with van der Waals surface area (Å²) in [6, 6.07) is 5.90. The van der Waals surface area contributed by atoms with Crippen LogP contribution in [0, 0.1) is 0 Å². The number of carbonyl (C=O) groups excluding carboxylic acids is 1. The number of carbonyl (C=O) groups is 2. The number of benzene rings is 1. The number of rotatable bonds is 10. The molecule has 0 saturated carbocycles. The molecule has 0 spiro atoms. The Balaban J connectivity index is 1.43. The minimum atomic E-state index is -1.03. The number of hydrogen-bond acceptors (Lipinski definition) is 7. The summed E-state index contributed by atoms with van der Waals surface area (Å²) in [5, 5.41) is 12.3. The fraction of sp³-hybridized carbons (Fsp3) is 0.619. The van der Waals surface area contributed by atoms with Crippen LogP contribution in [0.25, 0.3) is 0 Å². The minimum absolute atomic E-state index is 0.184. The fourth-order valence-electron chi connectivity index (χ4n) is 3.73. The van der Waals surface area contributed by atoms with E-state index in [0.717, 1.165) is 51.1 Å². The zero-order valence-corrected chi connectivity index (χ0v) is 17.5. The van der Waals surface area contributed by atoms with Crippen molar-refractivity contribution < 1.29 is 24.2 Å². The number of ether oxygens (including phenoxy) is 2. The SMILES string of the molecule is CC1C(Oc2ccc(CC(N)C(=O)O)cc2)OC(=O)N1CCCCN1CCNCC1. The third kappa shape index (κ3) is 6.07. The van der Waals surface area contributed by atoms with Gasteiger partial charge in [-0.2, -0.15) is 0 Å². The minimum Gasteiger partial charge on any atom is -0.480 e. The molecular weight excluding hydrogens is 388 g/mol. The predicted octanol–water partition coefficient (Wildman–Crippen LogP) is 0.872. The second-order valence-electron chi connectivity index (χ2n) is 7.90. The van der Waals surface area contributed by atoms with Gasteiger partial charge in [0.1, 0.15) is 17.8 Å². The van der Waals surface area contributed by atoms with E-state index in [1.165, 1.54) is 0 Å². The maximum Gasteiger partial charge on any atom is 0.413 e. The molecule has 3 unspecified atom stereocenters. The molecule has 0 aromatic heterocycles. The Hall–Kier alpha value is -2.36. The molecule has 2 aliphatic heterocycles. The van der Waals surface area contributed by atoms with Gasteiger partial charge in [-0.15, -0.1) is 0 Å². The quantitative estimate of drug-likeness (QED) is 0.478. The number of piperazine rings is 1. The van der Waals surface area contributed by atoms with Crippen LogP contribution in [0.4, 0.5) is 4.79 Å². The second kappa shape index (κ2) is 10.6. The molecule has 2 saturated heterocycles. The number of cyclic esters (lactones) is 1. The summed E-state index contributed by atoms with van der Waals surface area (Å²) < 4.78 is 11.3. The lowest BCUT2D eigenvalue weighted by molar-refractivity contribution is -0.138. The van der Waals surface area contributed by atoms with Crippen LogP contribution in [0.15, 0.2) is 24.3 Å². The smallest absolute Gasteiger partial charge is 0.413 e. The van der Waals surface area contributed by atoms with Crippen LogP contribution in [0.1, 0.15) is 25.3 Å². The van der Waals surface area contributed by atoms with Crippen LogP contribution in [0.2, 0.25) is 0 Å². The van der Waals surface area contributed by atoms with Crippen molar-refractivity contribution in [1.29, 1.82) is 0 Å². The lowest BCUT2D eigenvalue weighted by atomic mass is 10.1. The van der Waals surface area contributed by atoms with Crippen LogP contribution in [-0.4, -0.2) is 84.6 Å². The van der Waals surface area contributed by atoms with Gasteiger partial charge in [-0.3, -0.25) is 9.69 Å². The number of aliphatic carboxylic acids is 1. The van der Waals surface area contributed by atoms with Gasteiger partial charge < -0.3 is 30.5 Å². The van der Waals surface area contributed by atoms with Crippen molar-refractivity contribution in [2.45, 2.75) is 44.6 Å². The molecule has 4 N–H and O–H groups in total. The number of nitrogens with two attached hydrogens (primary N) is 1. The van der Waals surface area contributed by atoms with E-state index in [0.29, 0.717) is 12.3 Å². The molecule has 0 bridgehead atoms. The van der Waals surface area contributed by atoms with E-state index in [1.807, 2.05) is 6.92 Å². The Morgan fingerprint density at radius 1 is 1.27 bits per heavy atom. The summed E-state index contributed by atoms with van der Waals surface area (Å²) in [7, 11) is 0. The molecule has 30 heavy (non-hydrogen) atoms. The van der Waals surface area contributed by atoms with Gasteiger partial charge in [-0.1, -0.05) is 12.1 Å². The maximum atomic E-state index is 12.3. The molecule has 9 heteroatoms. The molecule has 166 valence electrons. The van der Waals surface area contributed by atoms with Crippen LogP contribution in [0.5, 0.6) is 5.75 Å². The molecule has 1 aromatic carbocycles. The van der Waals surface area contributed by atoms with Gasteiger partial charge in [0.25, 0.3) is 6.29 Å². The lowest BCUT2D eigenvalue weighted by Crippen LogP contribution is -2.44. The van der Waals surface area contributed by atoms with E-state index < -0.39 is 18.3 Å². The first-order chi connectivity index (χ1) is 14.4. The highest BCUT2D eigenvalue weighted by molar-refractivity contribution is 5.73. The van der Waals surface area contributed by atoms with Gasteiger partial charge in [0.05, 0.1) is 0 Å². The van der Waals surface area contributed by atoms with E-state index in [4.69, 9.17) is 20.3 Å². The number of hydrogen-bond donors (Lipinski definition) is 3. The number of nitrogens with zero attached hydrogens (tertiary/aromatic N) is 2. The monoisotopic (exact) mass is 420 g/mol. The first kappa shape index (κ1) is 22.3. The Morgan fingerprint density at radius 3 is 2.60 bits per heavy atom. The zero-order valence-electron chi connectivity index (χ0n) is 17.5. The first-order valence-electron chi connectivity index (χ1n) is 10.6. The van der Waals surface area contributed by atoms with Gasteiger partial charge in [0.2, 0.25) is 0 Å². The van der Waals surface area contributed by atoms with Crippen molar-refractivity contribution >= 4 is 12.1 Å². The van der Waals surface area contributed by atoms with Crippen LogP contribution < -0.4 is 15.8 Å². The summed E-state index contributed by atoms with van der Waals surface area (Å²) in [6.07, 6.45) is 1.19. The number of nitrogens with one attached hydrogen (secondary N) is 1. The number of carboxylic acids is 1. The summed E-state index contributed by atoms with van der Waals surface area (Å²) >= 11 is 0. The molecule has 1 amide bonds. The molecule has 9 nitrogen and oxygen atoms in total. The van der Waals surface area contributed by atoms with Crippen molar-refractivity contribution in [3.05, 3.63) is 29.8 Å². The van der Waals surface area contributed by atoms with Gasteiger partial charge in [0.15, 0.2) is 0 Å². The molecule has 1 aromatic rings. The molecule has 0 radical (unpaired) electrons. The lowest BCUT2D eigenvalue weighted by Gasteiger charge is -2.27. The highest BCUT2D eigenvalue weighted by Gasteiger charge is 2.40. The van der Waals surface area contributed by atoms with Crippen molar-refractivity contribution in [3.63, 3.8) is 0 Å². The van der Waals surface area contributed by atoms with Crippen LogP contribution >= 0.6 is 0 Å². The largest absolute Gasteiger partial charge is 0.480 e. The van der Waals surface area contributed by atoms with E-state index in [1.54, 1.807) is 29.2 Å². The molecule has 0 aliphatic carbocycles. The fourth-order valence-corrected chi connectivity index (χ4v) is 3.73. The summed E-state index contributed by atoms with van der Waals surface area (Å²) in [5.41, 5.74) is 6.37. The van der Waals surface area contributed by atoms with Gasteiger partial charge in [-0.05, 0) is 50.4 Å². The van der Waals surface area contributed by atoms with Crippen molar-refractivity contribution in [2.75, 3.05) is 39.3 Å².